The van der Waals surface area contributed by atoms with Crippen molar-refractivity contribution in [1.82, 2.24) is 0 Å². The highest BCUT2D eigenvalue weighted by Gasteiger charge is 2.35. The van der Waals surface area contributed by atoms with Crippen molar-refractivity contribution in [2.75, 3.05) is 11.4 Å². The van der Waals surface area contributed by atoms with Crippen molar-refractivity contribution in [1.29, 1.82) is 0 Å². The lowest BCUT2D eigenvalue weighted by Gasteiger charge is -2.47. The van der Waals surface area contributed by atoms with Gasteiger partial charge in [0.25, 0.3) is 0 Å². The highest BCUT2D eigenvalue weighted by Crippen LogP contribution is 2.43. The van der Waals surface area contributed by atoms with Crippen LogP contribution in [0.15, 0.2) is 47.5 Å². The van der Waals surface area contributed by atoms with Gasteiger partial charge in [-0.3, -0.25) is 4.99 Å². The van der Waals surface area contributed by atoms with Gasteiger partial charge >= 0.3 is 0 Å². The van der Waals surface area contributed by atoms with Crippen molar-refractivity contribution in [3.05, 3.63) is 59.2 Å². The van der Waals surface area contributed by atoms with Crippen LogP contribution in [0, 0.1) is 6.92 Å². The molecule has 2 aromatic carbocycles. The molecule has 0 amide bonds. The molecule has 0 aliphatic carbocycles. The molecule has 2 aromatic rings. The van der Waals surface area contributed by atoms with Crippen LogP contribution in [-0.2, 0) is 0 Å². The van der Waals surface area contributed by atoms with Gasteiger partial charge in [-0.2, -0.15) is 0 Å². The molecule has 1 heterocycles. The molecule has 0 aromatic heterocycles. The Labute approximate surface area is 146 Å². The molecule has 1 aliphatic rings. The molecule has 1 aliphatic heterocycles. The topological polar surface area (TPSA) is 15.6 Å². The summed E-state index contributed by atoms with van der Waals surface area (Å²) in [5, 5.41) is 0. The van der Waals surface area contributed by atoms with E-state index in [0.717, 1.165) is 12.2 Å². The summed E-state index contributed by atoms with van der Waals surface area (Å²) in [7, 11) is 0. The molecule has 2 heteroatoms. The molecular formula is C22H28N2. The highest BCUT2D eigenvalue weighted by atomic mass is 15.2. The minimum absolute atomic E-state index is 0.221. The fraction of sp³-hybridized carbons (Fsp3) is 0.409. The van der Waals surface area contributed by atoms with E-state index in [2.05, 4.69) is 80.9 Å². The van der Waals surface area contributed by atoms with Gasteiger partial charge in [0.05, 0.1) is 5.69 Å². The summed E-state index contributed by atoms with van der Waals surface area (Å²) in [6, 6.07) is 15.1. The van der Waals surface area contributed by atoms with Crippen LogP contribution in [0.2, 0.25) is 0 Å². The van der Waals surface area contributed by atoms with Gasteiger partial charge in [-0.25, -0.2) is 0 Å². The SMILES string of the molecule is CCN1c2ccc(C=Nc3cccc(C)c3)cc2C(C)CC1(C)C. The molecule has 3 rings (SSSR count). The number of hydrogen-bond donors (Lipinski definition) is 0. The van der Waals surface area contributed by atoms with Crippen LogP contribution >= 0.6 is 0 Å². The molecule has 1 atom stereocenters. The third kappa shape index (κ3) is 3.24. The fourth-order valence-electron chi connectivity index (χ4n) is 4.05. The van der Waals surface area contributed by atoms with E-state index in [-0.39, 0.29) is 5.54 Å². The van der Waals surface area contributed by atoms with Crippen LogP contribution in [0.4, 0.5) is 11.4 Å². The van der Waals surface area contributed by atoms with Crippen LogP contribution in [0.3, 0.4) is 0 Å². The highest BCUT2D eigenvalue weighted by molar-refractivity contribution is 5.83. The number of benzene rings is 2. The maximum atomic E-state index is 4.64. The number of aliphatic imine (C=N–C) groups is 1. The Hall–Kier alpha value is -2.09. The minimum Gasteiger partial charge on any atom is -0.366 e. The van der Waals surface area contributed by atoms with Crippen molar-refractivity contribution in [3.63, 3.8) is 0 Å². The smallest absolute Gasteiger partial charge is 0.0632 e. The average molecular weight is 320 g/mol. The summed E-state index contributed by atoms with van der Waals surface area (Å²) in [6.07, 6.45) is 3.17. The first-order valence-electron chi connectivity index (χ1n) is 8.93. The van der Waals surface area contributed by atoms with Crippen molar-refractivity contribution >= 4 is 17.6 Å². The summed E-state index contributed by atoms with van der Waals surface area (Å²) in [4.78, 5) is 7.17. The van der Waals surface area contributed by atoms with Crippen LogP contribution in [0.5, 0.6) is 0 Å². The molecule has 0 spiro atoms. The van der Waals surface area contributed by atoms with E-state index in [1.54, 1.807) is 0 Å². The second-order valence-electron chi connectivity index (χ2n) is 7.58. The second kappa shape index (κ2) is 6.43. The molecule has 0 saturated heterocycles. The maximum Gasteiger partial charge on any atom is 0.0632 e. The molecule has 0 radical (unpaired) electrons. The number of anilines is 1. The molecule has 0 N–H and O–H groups in total. The van der Waals surface area contributed by atoms with E-state index in [4.69, 9.17) is 0 Å². The molecule has 1 unspecified atom stereocenters. The summed E-state index contributed by atoms with van der Waals surface area (Å²) >= 11 is 0. The van der Waals surface area contributed by atoms with E-state index in [1.807, 2.05) is 12.3 Å². The van der Waals surface area contributed by atoms with Gasteiger partial charge in [0, 0.05) is 24.0 Å². The third-order valence-electron chi connectivity index (χ3n) is 5.09. The van der Waals surface area contributed by atoms with Crippen LogP contribution in [0.1, 0.15) is 56.7 Å². The second-order valence-corrected chi connectivity index (χ2v) is 7.58. The zero-order valence-electron chi connectivity index (χ0n) is 15.5. The van der Waals surface area contributed by atoms with Crippen LogP contribution in [-0.4, -0.2) is 18.3 Å². The molecule has 24 heavy (non-hydrogen) atoms. The quantitative estimate of drug-likeness (QED) is 0.647. The zero-order valence-corrected chi connectivity index (χ0v) is 15.5. The Bertz CT molecular complexity index is 758. The standard InChI is InChI=1S/C22H28N2/c1-6-24-21-11-10-18(13-20(21)17(3)14-22(24,4)5)15-23-19-9-7-8-16(2)12-19/h7-13,15,17H,6,14H2,1-5H3. The first-order chi connectivity index (χ1) is 11.4. The lowest BCUT2D eigenvalue weighted by atomic mass is 9.79. The Balaban J connectivity index is 1.93. The Kier molecular flexibility index (Phi) is 4.49. The first-order valence-corrected chi connectivity index (χ1v) is 8.93. The molecule has 2 nitrogen and oxygen atoms in total. The van der Waals surface area contributed by atoms with E-state index < -0.39 is 0 Å². The predicted octanol–water partition coefficient (Wildman–Crippen LogP) is 5.86. The van der Waals surface area contributed by atoms with Gasteiger partial charge in [0.1, 0.15) is 0 Å². The summed E-state index contributed by atoms with van der Waals surface area (Å²) in [5.41, 5.74) is 6.48. The van der Waals surface area contributed by atoms with Gasteiger partial charge in [0.15, 0.2) is 0 Å². The molecular weight excluding hydrogens is 292 g/mol. The lowest BCUT2D eigenvalue weighted by molar-refractivity contribution is 0.381. The monoisotopic (exact) mass is 320 g/mol. The number of rotatable bonds is 3. The summed E-state index contributed by atoms with van der Waals surface area (Å²) in [6.45, 7) is 12.4. The Morgan fingerprint density at radius 3 is 2.71 bits per heavy atom. The molecule has 0 bridgehead atoms. The van der Waals surface area contributed by atoms with Crippen LogP contribution in [0.25, 0.3) is 0 Å². The minimum atomic E-state index is 0.221. The number of nitrogens with zero attached hydrogens (tertiary/aromatic N) is 2. The van der Waals surface area contributed by atoms with Crippen molar-refractivity contribution in [2.24, 2.45) is 4.99 Å². The molecule has 0 fully saturated rings. The Morgan fingerprint density at radius 2 is 2.00 bits per heavy atom. The number of aryl methyl sites for hydroxylation is 1. The molecule has 126 valence electrons. The van der Waals surface area contributed by atoms with Gasteiger partial charge in [-0.15, -0.1) is 0 Å². The van der Waals surface area contributed by atoms with Gasteiger partial charge in [-0.05, 0) is 81.0 Å². The van der Waals surface area contributed by atoms with E-state index in [0.29, 0.717) is 5.92 Å². The third-order valence-corrected chi connectivity index (χ3v) is 5.09. The number of hydrogen-bond acceptors (Lipinski definition) is 2. The Morgan fingerprint density at radius 1 is 1.21 bits per heavy atom. The summed E-state index contributed by atoms with van der Waals surface area (Å²) in [5.74, 6) is 0.574. The van der Waals surface area contributed by atoms with Crippen molar-refractivity contribution < 1.29 is 0 Å². The lowest BCUT2D eigenvalue weighted by Crippen LogP contribution is -2.48. The van der Waals surface area contributed by atoms with E-state index >= 15 is 0 Å². The predicted molar refractivity (Wildman–Crippen MR) is 105 cm³/mol. The first kappa shape index (κ1) is 16.8. The number of fused-ring (bicyclic) bond motifs is 1. The van der Waals surface area contributed by atoms with Gasteiger partial charge in [-0.1, -0.05) is 25.1 Å². The molecule has 0 saturated carbocycles. The van der Waals surface area contributed by atoms with Gasteiger partial charge < -0.3 is 4.90 Å². The normalized spacial score (nSPS) is 19.5. The van der Waals surface area contributed by atoms with Gasteiger partial charge in [0.2, 0.25) is 0 Å². The maximum absolute atomic E-state index is 4.64. The van der Waals surface area contributed by atoms with E-state index in [9.17, 15) is 0 Å². The van der Waals surface area contributed by atoms with Crippen molar-refractivity contribution in [2.45, 2.75) is 52.5 Å². The van der Waals surface area contributed by atoms with Crippen molar-refractivity contribution in [3.8, 4) is 0 Å². The largest absolute Gasteiger partial charge is 0.366 e. The van der Waals surface area contributed by atoms with E-state index in [1.165, 1.54) is 28.8 Å². The average Bonchev–Trinajstić information content (AvgIpc) is 2.53. The van der Waals surface area contributed by atoms with Crippen LogP contribution < -0.4 is 4.90 Å². The summed E-state index contributed by atoms with van der Waals surface area (Å²) < 4.78 is 0. The zero-order chi connectivity index (χ0) is 17.3. The fourth-order valence-corrected chi connectivity index (χ4v) is 4.05.